The van der Waals surface area contributed by atoms with Gasteiger partial charge in [0.25, 0.3) is 5.91 Å². The van der Waals surface area contributed by atoms with Gasteiger partial charge in [-0.05, 0) is 24.3 Å². The van der Waals surface area contributed by atoms with Crippen LogP contribution >= 0.6 is 11.8 Å². The lowest BCUT2D eigenvalue weighted by Crippen LogP contribution is -2.13. The van der Waals surface area contributed by atoms with E-state index in [2.05, 4.69) is 11.9 Å². The molecule has 0 aliphatic heterocycles. The molecule has 0 unspecified atom stereocenters. The van der Waals surface area contributed by atoms with Crippen molar-refractivity contribution in [3.63, 3.8) is 0 Å². The maximum Gasteiger partial charge on any atom is 0.259 e. The molecule has 0 aliphatic rings. The van der Waals surface area contributed by atoms with E-state index in [-0.39, 0.29) is 17.0 Å². The van der Waals surface area contributed by atoms with E-state index < -0.39 is 5.91 Å². The van der Waals surface area contributed by atoms with Crippen molar-refractivity contribution in [3.05, 3.63) is 60.7 Å². The van der Waals surface area contributed by atoms with E-state index in [4.69, 9.17) is 5.73 Å². The standard InChI is InChI=1S/C16H16N2O2S/c1-2-10-21-14-9-4-3-8-13(14)18-16(20)11-6-5-7-12(17)15(11)19/h2-9,19H,1,10,17H2,(H,18,20). The number of rotatable bonds is 5. The predicted molar refractivity (Wildman–Crippen MR) is 87.8 cm³/mol. The number of nitrogen functional groups attached to an aromatic ring is 1. The molecule has 4 N–H and O–H groups in total. The average Bonchev–Trinajstić information content (AvgIpc) is 2.49. The second-order valence-corrected chi connectivity index (χ2v) is 5.36. The van der Waals surface area contributed by atoms with Crippen LogP contribution in [0.3, 0.4) is 0 Å². The van der Waals surface area contributed by atoms with Crippen molar-refractivity contribution in [2.45, 2.75) is 4.90 Å². The van der Waals surface area contributed by atoms with Crippen LogP contribution in [0.2, 0.25) is 0 Å². The number of aromatic hydroxyl groups is 1. The first-order valence-corrected chi connectivity index (χ1v) is 7.33. The van der Waals surface area contributed by atoms with Gasteiger partial charge in [0.1, 0.15) is 0 Å². The summed E-state index contributed by atoms with van der Waals surface area (Å²) >= 11 is 1.57. The molecule has 0 saturated carbocycles. The molecule has 21 heavy (non-hydrogen) atoms. The molecular weight excluding hydrogens is 284 g/mol. The Morgan fingerprint density at radius 1 is 1.29 bits per heavy atom. The summed E-state index contributed by atoms with van der Waals surface area (Å²) in [4.78, 5) is 13.2. The van der Waals surface area contributed by atoms with E-state index in [0.29, 0.717) is 5.69 Å². The molecule has 0 heterocycles. The van der Waals surface area contributed by atoms with Crippen molar-refractivity contribution < 1.29 is 9.90 Å². The molecule has 4 nitrogen and oxygen atoms in total. The van der Waals surface area contributed by atoms with Crippen molar-refractivity contribution in [1.82, 2.24) is 0 Å². The Balaban J connectivity index is 2.23. The quantitative estimate of drug-likeness (QED) is 0.342. The molecular formula is C16H16N2O2S. The van der Waals surface area contributed by atoms with Crippen molar-refractivity contribution in [2.24, 2.45) is 0 Å². The van der Waals surface area contributed by atoms with Crippen LogP contribution in [0.15, 0.2) is 60.0 Å². The number of nitrogens with one attached hydrogen (secondary N) is 1. The van der Waals surface area contributed by atoms with Gasteiger partial charge in [-0.15, -0.1) is 18.3 Å². The molecule has 0 aliphatic carbocycles. The molecule has 0 saturated heterocycles. The molecule has 2 aromatic rings. The SMILES string of the molecule is C=CCSc1ccccc1NC(=O)c1cccc(N)c1O. The maximum absolute atomic E-state index is 12.3. The first kappa shape index (κ1) is 15.0. The van der Waals surface area contributed by atoms with Crippen LogP contribution in [0.5, 0.6) is 5.75 Å². The molecule has 0 atom stereocenters. The summed E-state index contributed by atoms with van der Waals surface area (Å²) in [6.07, 6.45) is 1.80. The summed E-state index contributed by atoms with van der Waals surface area (Å²) in [6.45, 7) is 3.68. The van der Waals surface area contributed by atoms with Crippen molar-refractivity contribution in [2.75, 3.05) is 16.8 Å². The van der Waals surface area contributed by atoms with Gasteiger partial charge in [0, 0.05) is 10.6 Å². The van der Waals surface area contributed by atoms with E-state index in [1.165, 1.54) is 6.07 Å². The first-order chi connectivity index (χ1) is 10.1. The number of carbonyl (C=O) groups excluding carboxylic acids is 1. The fraction of sp³-hybridized carbons (Fsp3) is 0.0625. The van der Waals surface area contributed by atoms with Gasteiger partial charge >= 0.3 is 0 Å². The fourth-order valence-electron chi connectivity index (χ4n) is 1.78. The lowest BCUT2D eigenvalue weighted by molar-refractivity contribution is 0.102. The van der Waals surface area contributed by atoms with Crippen LogP contribution in [-0.4, -0.2) is 16.8 Å². The zero-order valence-electron chi connectivity index (χ0n) is 11.4. The average molecular weight is 300 g/mol. The summed E-state index contributed by atoms with van der Waals surface area (Å²) in [7, 11) is 0. The number of carbonyl (C=O) groups is 1. The third-order valence-electron chi connectivity index (χ3n) is 2.80. The third kappa shape index (κ3) is 3.58. The Morgan fingerprint density at radius 2 is 2.05 bits per heavy atom. The van der Waals surface area contributed by atoms with E-state index in [1.807, 2.05) is 24.3 Å². The van der Waals surface area contributed by atoms with Crippen LogP contribution in [0.25, 0.3) is 0 Å². The minimum absolute atomic E-state index is 0.151. The zero-order chi connectivity index (χ0) is 15.2. The van der Waals surface area contributed by atoms with E-state index >= 15 is 0 Å². The number of anilines is 2. The number of hydrogen-bond acceptors (Lipinski definition) is 4. The van der Waals surface area contributed by atoms with Gasteiger partial charge in [0.2, 0.25) is 0 Å². The van der Waals surface area contributed by atoms with Gasteiger partial charge in [0.15, 0.2) is 5.75 Å². The van der Waals surface area contributed by atoms with E-state index in [9.17, 15) is 9.90 Å². The highest BCUT2D eigenvalue weighted by Gasteiger charge is 2.14. The number of para-hydroxylation sites is 2. The highest BCUT2D eigenvalue weighted by molar-refractivity contribution is 7.99. The Morgan fingerprint density at radius 3 is 2.81 bits per heavy atom. The molecule has 2 aromatic carbocycles. The second kappa shape index (κ2) is 6.85. The first-order valence-electron chi connectivity index (χ1n) is 6.35. The minimum atomic E-state index is -0.397. The number of amides is 1. The molecule has 2 rings (SSSR count). The number of benzene rings is 2. The van der Waals surface area contributed by atoms with Crippen molar-refractivity contribution in [3.8, 4) is 5.75 Å². The molecule has 0 fully saturated rings. The smallest absolute Gasteiger partial charge is 0.259 e. The summed E-state index contributed by atoms with van der Waals surface area (Å²) in [5.41, 5.74) is 6.62. The van der Waals surface area contributed by atoms with Crippen LogP contribution < -0.4 is 11.1 Å². The number of phenols is 1. The van der Waals surface area contributed by atoms with Crippen LogP contribution in [-0.2, 0) is 0 Å². The van der Waals surface area contributed by atoms with E-state index in [0.717, 1.165) is 10.6 Å². The Labute approximate surface area is 127 Å². The van der Waals surface area contributed by atoms with E-state index in [1.54, 1.807) is 30.0 Å². The molecule has 5 heteroatoms. The second-order valence-electron chi connectivity index (χ2n) is 4.29. The van der Waals surface area contributed by atoms with Gasteiger partial charge in [0.05, 0.1) is 16.9 Å². The normalized spacial score (nSPS) is 10.1. The third-order valence-corrected chi connectivity index (χ3v) is 3.87. The summed E-state index contributed by atoms with van der Waals surface area (Å²) in [5, 5.41) is 12.6. The van der Waals surface area contributed by atoms with Crippen molar-refractivity contribution in [1.29, 1.82) is 0 Å². The number of hydrogen-bond donors (Lipinski definition) is 3. The molecule has 0 bridgehead atoms. The molecule has 0 radical (unpaired) electrons. The Kier molecular flexibility index (Phi) is 4.90. The summed E-state index contributed by atoms with van der Waals surface area (Å²) in [6, 6.07) is 12.2. The maximum atomic E-state index is 12.3. The predicted octanol–water partition coefficient (Wildman–Crippen LogP) is 3.50. The Hall–Kier alpha value is -2.40. The van der Waals surface area contributed by atoms with Gasteiger partial charge < -0.3 is 16.2 Å². The molecule has 1 amide bonds. The molecule has 0 aromatic heterocycles. The topological polar surface area (TPSA) is 75.4 Å². The highest BCUT2D eigenvalue weighted by Crippen LogP contribution is 2.29. The Bertz CT molecular complexity index is 671. The van der Waals surface area contributed by atoms with Gasteiger partial charge in [-0.1, -0.05) is 24.3 Å². The van der Waals surface area contributed by atoms with Gasteiger partial charge in [-0.25, -0.2) is 0 Å². The molecule has 108 valence electrons. The van der Waals surface area contributed by atoms with Crippen molar-refractivity contribution >= 4 is 29.0 Å². The molecule has 0 spiro atoms. The summed E-state index contributed by atoms with van der Waals surface area (Å²) in [5.74, 6) is 0.147. The lowest BCUT2D eigenvalue weighted by atomic mass is 10.1. The summed E-state index contributed by atoms with van der Waals surface area (Å²) < 4.78 is 0. The van der Waals surface area contributed by atoms with Gasteiger partial charge in [-0.3, -0.25) is 4.79 Å². The minimum Gasteiger partial charge on any atom is -0.505 e. The zero-order valence-corrected chi connectivity index (χ0v) is 12.2. The van der Waals surface area contributed by atoms with Crippen LogP contribution in [0, 0.1) is 0 Å². The van der Waals surface area contributed by atoms with Crippen LogP contribution in [0.1, 0.15) is 10.4 Å². The fourth-order valence-corrected chi connectivity index (χ4v) is 2.53. The number of thioether (sulfide) groups is 1. The number of nitrogens with two attached hydrogens (primary N) is 1. The van der Waals surface area contributed by atoms with Crippen LogP contribution in [0.4, 0.5) is 11.4 Å². The largest absolute Gasteiger partial charge is 0.505 e. The lowest BCUT2D eigenvalue weighted by Gasteiger charge is -2.11. The monoisotopic (exact) mass is 300 g/mol. The highest BCUT2D eigenvalue weighted by atomic mass is 32.2. The number of phenolic OH excluding ortho intramolecular Hbond substituents is 1. The van der Waals surface area contributed by atoms with Gasteiger partial charge in [-0.2, -0.15) is 0 Å².